The molecule has 0 rings (SSSR count). The van der Waals surface area contributed by atoms with Crippen molar-refractivity contribution >= 4 is 10.1 Å². The summed E-state index contributed by atoms with van der Waals surface area (Å²) in [5, 5.41) is 0. The average molecular weight is 160 g/mol. The SMILES string of the molecule is C=CCS(=O)(=O)[O-].[K+]. The molecule has 0 atom stereocenters. The fraction of sp³-hybridized carbons (Fsp3) is 0.333. The molecule has 0 spiro atoms. The smallest absolute Gasteiger partial charge is 0.748 e. The predicted molar refractivity (Wildman–Crippen MR) is 24.8 cm³/mol. The molecule has 3 nitrogen and oxygen atoms in total. The normalized spacial score (nSPS) is 9.62. The summed E-state index contributed by atoms with van der Waals surface area (Å²) in [5.41, 5.74) is 0. The van der Waals surface area contributed by atoms with Gasteiger partial charge in [-0.3, -0.25) is 0 Å². The molecular weight excluding hydrogens is 155 g/mol. The van der Waals surface area contributed by atoms with Crippen LogP contribution in [0.1, 0.15) is 0 Å². The Labute approximate surface area is 91.3 Å². The van der Waals surface area contributed by atoms with Crippen LogP contribution in [0.15, 0.2) is 12.7 Å². The second-order valence-corrected chi connectivity index (χ2v) is 2.46. The van der Waals surface area contributed by atoms with Gasteiger partial charge in [-0.15, -0.1) is 6.58 Å². The van der Waals surface area contributed by atoms with E-state index in [4.69, 9.17) is 0 Å². The first-order chi connectivity index (χ1) is 3.06. The van der Waals surface area contributed by atoms with Crippen molar-refractivity contribution in [3.05, 3.63) is 12.7 Å². The maximum absolute atomic E-state index is 9.60. The Morgan fingerprint density at radius 3 is 2.00 bits per heavy atom. The molecule has 0 amide bonds. The maximum Gasteiger partial charge on any atom is 1.00 e. The Balaban J connectivity index is 0. The van der Waals surface area contributed by atoms with Crippen LogP contribution in [0.5, 0.6) is 0 Å². The summed E-state index contributed by atoms with van der Waals surface area (Å²) < 4.78 is 28.8. The van der Waals surface area contributed by atoms with Gasteiger partial charge in [-0.1, -0.05) is 6.08 Å². The summed E-state index contributed by atoms with van der Waals surface area (Å²) in [4.78, 5) is 0. The van der Waals surface area contributed by atoms with E-state index >= 15 is 0 Å². The first-order valence-corrected chi connectivity index (χ1v) is 3.18. The summed E-state index contributed by atoms with van der Waals surface area (Å²) in [7, 11) is -4.04. The van der Waals surface area contributed by atoms with E-state index in [2.05, 4.69) is 6.58 Å². The Hall–Kier alpha value is 1.29. The van der Waals surface area contributed by atoms with Gasteiger partial charge in [0.25, 0.3) is 0 Å². The zero-order valence-electron chi connectivity index (χ0n) is 4.62. The fourth-order valence-electron chi connectivity index (χ4n) is 0.144. The molecule has 0 saturated carbocycles. The second-order valence-electron chi connectivity index (χ2n) is 1.01. The van der Waals surface area contributed by atoms with Crippen LogP contribution in [-0.4, -0.2) is 18.7 Å². The number of hydrogen-bond acceptors (Lipinski definition) is 3. The molecule has 0 aromatic heterocycles. The van der Waals surface area contributed by atoms with E-state index in [0.717, 1.165) is 6.08 Å². The third-order valence-electron chi connectivity index (χ3n) is 0.322. The predicted octanol–water partition coefficient (Wildman–Crippen LogP) is -3.28. The molecule has 0 aromatic rings. The van der Waals surface area contributed by atoms with Gasteiger partial charge < -0.3 is 4.55 Å². The van der Waals surface area contributed by atoms with Crippen molar-refractivity contribution in [2.75, 3.05) is 5.75 Å². The average Bonchev–Trinajstić information content (AvgIpc) is 1.30. The van der Waals surface area contributed by atoms with E-state index in [0.29, 0.717) is 0 Å². The minimum absolute atomic E-state index is 0. The molecule has 0 aromatic carbocycles. The molecule has 8 heavy (non-hydrogen) atoms. The van der Waals surface area contributed by atoms with Gasteiger partial charge in [0.1, 0.15) is 0 Å². The Morgan fingerprint density at radius 1 is 1.62 bits per heavy atom. The van der Waals surface area contributed by atoms with E-state index in [9.17, 15) is 13.0 Å². The zero-order chi connectivity index (χ0) is 5.91. The van der Waals surface area contributed by atoms with Gasteiger partial charge in [-0.2, -0.15) is 0 Å². The summed E-state index contributed by atoms with van der Waals surface area (Å²) in [6.45, 7) is 3.07. The van der Waals surface area contributed by atoms with Gasteiger partial charge in [-0.05, 0) is 0 Å². The monoisotopic (exact) mass is 160 g/mol. The van der Waals surface area contributed by atoms with Crippen molar-refractivity contribution in [2.24, 2.45) is 0 Å². The molecule has 0 N–H and O–H groups in total. The van der Waals surface area contributed by atoms with Crippen molar-refractivity contribution < 1.29 is 64.4 Å². The van der Waals surface area contributed by atoms with Crippen LogP contribution in [0.3, 0.4) is 0 Å². The molecule has 0 bridgehead atoms. The molecule has 0 aliphatic rings. The summed E-state index contributed by atoms with van der Waals surface area (Å²) in [5.74, 6) is -0.479. The van der Waals surface area contributed by atoms with Crippen molar-refractivity contribution in [2.45, 2.75) is 0 Å². The van der Waals surface area contributed by atoms with E-state index < -0.39 is 15.9 Å². The number of rotatable bonds is 2. The molecule has 5 heteroatoms. The third kappa shape index (κ3) is 10.3. The fourth-order valence-corrected chi connectivity index (χ4v) is 0.433. The van der Waals surface area contributed by atoms with Gasteiger partial charge in [0, 0.05) is 0 Å². The van der Waals surface area contributed by atoms with Gasteiger partial charge >= 0.3 is 51.4 Å². The Kier molecular flexibility index (Phi) is 7.66. The molecule has 0 fully saturated rings. The zero-order valence-corrected chi connectivity index (χ0v) is 8.56. The first kappa shape index (κ1) is 12.0. The first-order valence-electron chi connectivity index (χ1n) is 1.61. The van der Waals surface area contributed by atoms with Crippen molar-refractivity contribution in [3.63, 3.8) is 0 Å². The van der Waals surface area contributed by atoms with Crippen LogP contribution in [0, 0.1) is 0 Å². The van der Waals surface area contributed by atoms with E-state index in [1.165, 1.54) is 0 Å². The van der Waals surface area contributed by atoms with Crippen molar-refractivity contribution in [3.8, 4) is 0 Å². The molecule has 0 unspecified atom stereocenters. The third-order valence-corrected chi connectivity index (χ3v) is 0.966. The summed E-state index contributed by atoms with van der Waals surface area (Å²) >= 11 is 0. The van der Waals surface area contributed by atoms with Crippen LogP contribution in [-0.2, 0) is 10.1 Å². The largest absolute Gasteiger partial charge is 1.00 e. The topological polar surface area (TPSA) is 57.2 Å². The molecule has 0 radical (unpaired) electrons. The molecular formula is C3H5KO3S. The Bertz CT molecular complexity index is 148. The van der Waals surface area contributed by atoms with Crippen LogP contribution in [0.2, 0.25) is 0 Å². The van der Waals surface area contributed by atoms with Gasteiger partial charge in [0.2, 0.25) is 0 Å². The quantitative estimate of drug-likeness (QED) is 0.242. The minimum atomic E-state index is -4.04. The van der Waals surface area contributed by atoms with E-state index in [1.54, 1.807) is 0 Å². The maximum atomic E-state index is 9.60. The van der Waals surface area contributed by atoms with Crippen LogP contribution >= 0.6 is 0 Å². The second kappa shape index (κ2) is 5.10. The van der Waals surface area contributed by atoms with Gasteiger partial charge in [0.05, 0.1) is 15.9 Å². The molecule has 0 aliphatic heterocycles. The standard InChI is InChI=1S/C3H6O3S.K/c1-2-3-7(4,5)6;/h2H,1,3H2,(H,4,5,6);/q;+1/p-1. The minimum Gasteiger partial charge on any atom is -0.748 e. The summed E-state index contributed by atoms with van der Waals surface area (Å²) in [6.07, 6.45) is 1.06. The van der Waals surface area contributed by atoms with E-state index in [-0.39, 0.29) is 51.4 Å². The molecule has 0 saturated heterocycles. The van der Waals surface area contributed by atoms with E-state index in [1.807, 2.05) is 0 Å². The Morgan fingerprint density at radius 2 is 2.00 bits per heavy atom. The summed E-state index contributed by atoms with van der Waals surface area (Å²) in [6, 6.07) is 0. The van der Waals surface area contributed by atoms with Gasteiger partial charge in [0.15, 0.2) is 0 Å². The van der Waals surface area contributed by atoms with Crippen LogP contribution in [0.4, 0.5) is 0 Å². The van der Waals surface area contributed by atoms with Gasteiger partial charge in [-0.25, -0.2) is 8.42 Å². The number of hydrogen-bond donors (Lipinski definition) is 0. The molecule has 42 valence electrons. The van der Waals surface area contributed by atoms with Crippen LogP contribution in [0.25, 0.3) is 0 Å². The molecule has 0 heterocycles. The van der Waals surface area contributed by atoms with Crippen molar-refractivity contribution in [1.82, 2.24) is 0 Å². The molecule has 0 aliphatic carbocycles. The van der Waals surface area contributed by atoms with Crippen molar-refractivity contribution in [1.29, 1.82) is 0 Å². The van der Waals surface area contributed by atoms with Crippen LogP contribution < -0.4 is 51.4 Å².